The van der Waals surface area contributed by atoms with Crippen molar-refractivity contribution in [3.05, 3.63) is 59.7 Å². The summed E-state index contributed by atoms with van der Waals surface area (Å²) in [7, 11) is 0. The molecule has 2 aromatic rings. The number of fused-ring (bicyclic) bond motifs is 1. The number of carbonyl (C=O) groups excluding carboxylic acids is 1. The zero-order valence-electron chi connectivity index (χ0n) is 12.8. The van der Waals surface area contributed by atoms with Crippen molar-refractivity contribution < 1.29 is 14.7 Å². The Kier molecular flexibility index (Phi) is 4.02. The largest absolute Gasteiger partial charge is 0.478 e. The highest BCUT2D eigenvalue weighted by Crippen LogP contribution is 2.31. The zero-order valence-corrected chi connectivity index (χ0v) is 12.8. The van der Waals surface area contributed by atoms with E-state index < -0.39 is 5.97 Å². The molecule has 0 radical (unpaired) electrons. The summed E-state index contributed by atoms with van der Waals surface area (Å²) in [6.07, 6.45) is 0.941. The molecule has 1 atom stereocenters. The van der Waals surface area contributed by atoms with Gasteiger partial charge in [0.1, 0.15) is 0 Å². The third kappa shape index (κ3) is 3.18. The number of carbonyl (C=O) groups is 2. The molecule has 0 aliphatic carbocycles. The van der Waals surface area contributed by atoms with Crippen molar-refractivity contribution in [2.75, 3.05) is 16.8 Å². The highest BCUT2D eigenvalue weighted by molar-refractivity contribution is 5.95. The molecule has 2 N–H and O–H groups in total. The molecule has 1 unspecified atom stereocenters. The number of hydrogen-bond donors (Lipinski definition) is 2. The number of benzene rings is 2. The molecule has 5 nitrogen and oxygen atoms in total. The molecule has 118 valence electrons. The summed E-state index contributed by atoms with van der Waals surface area (Å²) in [4.78, 5) is 25.2. The predicted octanol–water partition coefficient (Wildman–Crippen LogP) is 2.77. The first kappa shape index (κ1) is 15.1. The Labute approximate surface area is 134 Å². The van der Waals surface area contributed by atoms with Crippen molar-refractivity contribution in [2.24, 2.45) is 0 Å². The molecule has 0 bridgehead atoms. The normalized spacial score (nSPS) is 16.0. The van der Waals surface area contributed by atoms with Gasteiger partial charge in [-0.1, -0.05) is 18.2 Å². The fourth-order valence-electron chi connectivity index (χ4n) is 2.92. The van der Waals surface area contributed by atoms with Gasteiger partial charge in [-0.15, -0.1) is 0 Å². The quantitative estimate of drug-likeness (QED) is 0.911. The Morgan fingerprint density at radius 1 is 1.17 bits per heavy atom. The second kappa shape index (κ2) is 6.12. The van der Waals surface area contributed by atoms with Crippen molar-refractivity contribution in [1.82, 2.24) is 0 Å². The van der Waals surface area contributed by atoms with E-state index in [-0.39, 0.29) is 24.1 Å². The van der Waals surface area contributed by atoms with Crippen molar-refractivity contribution in [1.29, 1.82) is 0 Å². The van der Waals surface area contributed by atoms with Gasteiger partial charge in [0.15, 0.2) is 0 Å². The summed E-state index contributed by atoms with van der Waals surface area (Å²) in [5, 5.41) is 11.7. The summed E-state index contributed by atoms with van der Waals surface area (Å²) >= 11 is 0. The van der Waals surface area contributed by atoms with Gasteiger partial charge < -0.3 is 15.3 Å². The number of carboxylic acid groups (broad SMARTS) is 1. The minimum Gasteiger partial charge on any atom is -0.478 e. The Balaban J connectivity index is 1.67. The van der Waals surface area contributed by atoms with E-state index in [1.165, 1.54) is 17.7 Å². The fourth-order valence-corrected chi connectivity index (χ4v) is 2.92. The van der Waals surface area contributed by atoms with E-state index in [0.717, 1.165) is 12.1 Å². The van der Waals surface area contributed by atoms with Gasteiger partial charge in [-0.05, 0) is 49.2 Å². The van der Waals surface area contributed by atoms with Crippen LogP contribution in [0.3, 0.4) is 0 Å². The van der Waals surface area contributed by atoms with Crippen LogP contribution in [0, 0.1) is 0 Å². The molecular weight excluding hydrogens is 292 g/mol. The maximum Gasteiger partial charge on any atom is 0.335 e. The Hall–Kier alpha value is -2.82. The van der Waals surface area contributed by atoms with Gasteiger partial charge in [0.2, 0.25) is 5.91 Å². The Bertz CT molecular complexity index is 740. The number of anilines is 2. The average molecular weight is 310 g/mol. The fraction of sp³-hybridized carbons (Fsp3) is 0.222. The SMILES string of the molecule is CC1Cc2ccccc2N1CC(=O)Nc1ccc(C(=O)O)cc1. The van der Waals surface area contributed by atoms with Crippen molar-refractivity contribution >= 4 is 23.3 Å². The van der Waals surface area contributed by atoms with Gasteiger partial charge in [0.25, 0.3) is 0 Å². The zero-order chi connectivity index (χ0) is 16.4. The van der Waals surface area contributed by atoms with Crippen LogP contribution < -0.4 is 10.2 Å². The number of hydrogen-bond acceptors (Lipinski definition) is 3. The first-order chi connectivity index (χ1) is 11.0. The highest BCUT2D eigenvalue weighted by atomic mass is 16.4. The summed E-state index contributed by atoms with van der Waals surface area (Å²) in [5.41, 5.74) is 3.17. The van der Waals surface area contributed by atoms with Crippen molar-refractivity contribution in [3.8, 4) is 0 Å². The average Bonchev–Trinajstić information content (AvgIpc) is 2.84. The number of amides is 1. The molecule has 0 fully saturated rings. The van der Waals surface area contributed by atoms with Crippen LogP contribution in [0.1, 0.15) is 22.8 Å². The number of nitrogens with one attached hydrogen (secondary N) is 1. The van der Waals surface area contributed by atoms with Crippen LogP contribution in [0.25, 0.3) is 0 Å². The van der Waals surface area contributed by atoms with Crippen LogP contribution >= 0.6 is 0 Å². The minimum absolute atomic E-state index is 0.114. The smallest absolute Gasteiger partial charge is 0.335 e. The lowest BCUT2D eigenvalue weighted by Crippen LogP contribution is -2.37. The number of nitrogens with zero attached hydrogens (tertiary/aromatic N) is 1. The molecule has 1 aliphatic heterocycles. The summed E-state index contributed by atoms with van der Waals surface area (Å²) in [5.74, 6) is -1.10. The maximum absolute atomic E-state index is 12.3. The van der Waals surface area contributed by atoms with Gasteiger partial charge in [-0.3, -0.25) is 4.79 Å². The number of para-hydroxylation sites is 1. The molecule has 1 amide bonds. The lowest BCUT2D eigenvalue weighted by atomic mass is 10.1. The van der Waals surface area contributed by atoms with Crippen LogP contribution in [0.4, 0.5) is 11.4 Å². The van der Waals surface area contributed by atoms with E-state index in [0.29, 0.717) is 5.69 Å². The van der Waals surface area contributed by atoms with E-state index >= 15 is 0 Å². The topological polar surface area (TPSA) is 69.6 Å². The van der Waals surface area contributed by atoms with Crippen LogP contribution in [-0.2, 0) is 11.2 Å². The van der Waals surface area contributed by atoms with Gasteiger partial charge in [0.05, 0.1) is 12.1 Å². The highest BCUT2D eigenvalue weighted by Gasteiger charge is 2.26. The van der Waals surface area contributed by atoms with Crippen LogP contribution in [0.5, 0.6) is 0 Å². The van der Waals surface area contributed by atoms with Crippen LogP contribution in [0.15, 0.2) is 48.5 Å². The van der Waals surface area contributed by atoms with E-state index in [1.54, 1.807) is 12.1 Å². The third-order valence-electron chi connectivity index (χ3n) is 4.08. The van der Waals surface area contributed by atoms with E-state index in [1.807, 2.05) is 18.2 Å². The van der Waals surface area contributed by atoms with Crippen LogP contribution in [-0.4, -0.2) is 29.6 Å². The molecule has 0 aromatic heterocycles. The molecule has 1 aliphatic rings. The lowest BCUT2D eigenvalue weighted by molar-refractivity contribution is -0.115. The molecular formula is C18H18N2O3. The summed E-state index contributed by atoms with van der Waals surface area (Å²) in [6, 6.07) is 14.6. The second-order valence-corrected chi connectivity index (χ2v) is 5.74. The van der Waals surface area contributed by atoms with Crippen molar-refractivity contribution in [3.63, 3.8) is 0 Å². The molecule has 0 saturated carbocycles. The number of carboxylic acids is 1. The van der Waals surface area contributed by atoms with Crippen molar-refractivity contribution in [2.45, 2.75) is 19.4 Å². The monoisotopic (exact) mass is 310 g/mol. The standard InChI is InChI=1S/C18H18N2O3/c1-12-10-14-4-2-3-5-16(14)20(12)11-17(21)19-15-8-6-13(7-9-15)18(22)23/h2-9,12H,10-11H2,1H3,(H,19,21)(H,22,23). The summed E-state index contributed by atoms with van der Waals surface area (Å²) < 4.78 is 0. The molecule has 0 saturated heterocycles. The lowest BCUT2D eigenvalue weighted by Gasteiger charge is -2.24. The number of rotatable bonds is 4. The van der Waals surface area contributed by atoms with Gasteiger partial charge in [-0.2, -0.15) is 0 Å². The first-order valence-electron chi connectivity index (χ1n) is 7.52. The molecule has 2 aromatic carbocycles. The molecule has 0 spiro atoms. The number of aromatic carboxylic acids is 1. The third-order valence-corrected chi connectivity index (χ3v) is 4.08. The Morgan fingerprint density at radius 2 is 1.87 bits per heavy atom. The van der Waals surface area contributed by atoms with Gasteiger partial charge in [-0.25, -0.2) is 4.79 Å². The predicted molar refractivity (Wildman–Crippen MR) is 89.0 cm³/mol. The van der Waals surface area contributed by atoms with E-state index in [4.69, 9.17) is 5.11 Å². The van der Waals surface area contributed by atoms with Crippen LogP contribution in [0.2, 0.25) is 0 Å². The maximum atomic E-state index is 12.3. The first-order valence-corrected chi connectivity index (χ1v) is 7.52. The molecule has 3 rings (SSSR count). The van der Waals surface area contributed by atoms with E-state index in [2.05, 4.69) is 23.2 Å². The van der Waals surface area contributed by atoms with E-state index in [9.17, 15) is 9.59 Å². The minimum atomic E-state index is -0.981. The molecule has 23 heavy (non-hydrogen) atoms. The Morgan fingerprint density at radius 3 is 2.57 bits per heavy atom. The molecule has 5 heteroatoms. The molecule has 1 heterocycles. The summed E-state index contributed by atoms with van der Waals surface area (Å²) in [6.45, 7) is 2.38. The van der Waals surface area contributed by atoms with Gasteiger partial charge >= 0.3 is 5.97 Å². The second-order valence-electron chi connectivity index (χ2n) is 5.74. The van der Waals surface area contributed by atoms with Gasteiger partial charge in [0, 0.05) is 17.4 Å².